The van der Waals surface area contributed by atoms with Crippen molar-refractivity contribution in [3.8, 4) is 0 Å². The molecule has 1 N–H and O–H groups in total. The molecule has 0 aliphatic carbocycles. The van der Waals surface area contributed by atoms with Gasteiger partial charge in [0.05, 0.1) is 18.4 Å². The Balaban J connectivity index is 2.31. The van der Waals surface area contributed by atoms with Gasteiger partial charge >= 0.3 is 5.97 Å². The highest BCUT2D eigenvalue weighted by atomic mass is 35.5. The zero-order valence-electron chi connectivity index (χ0n) is 7.73. The molecule has 0 saturated carbocycles. The van der Waals surface area contributed by atoms with Gasteiger partial charge in [0, 0.05) is 12.8 Å². The van der Waals surface area contributed by atoms with Crippen LogP contribution in [0.3, 0.4) is 0 Å². The first-order valence-electron chi connectivity index (χ1n) is 4.07. The van der Waals surface area contributed by atoms with Crippen molar-refractivity contribution >= 4 is 29.3 Å². The number of aromatic nitrogens is 2. The summed E-state index contributed by atoms with van der Waals surface area (Å²) in [5.74, 6) is 1.39. The van der Waals surface area contributed by atoms with Crippen LogP contribution in [0.5, 0.6) is 0 Å². The summed E-state index contributed by atoms with van der Waals surface area (Å²) in [5.41, 5.74) is 0. The van der Waals surface area contributed by atoms with E-state index in [2.05, 4.69) is 4.98 Å². The van der Waals surface area contributed by atoms with Crippen LogP contribution in [-0.4, -0.2) is 26.4 Å². The van der Waals surface area contributed by atoms with Crippen molar-refractivity contribution in [1.29, 1.82) is 0 Å². The van der Waals surface area contributed by atoms with Crippen molar-refractivity contribution in [2.45, 2.75) is 12.2 Å². The van der Waals surface area contributed by atoms with Gasteiger partial charge in [-0.3, -0.25) is 4.79 Å². The van der Waals surface area contributed by atoms with Crippen molar-refractivity contribution in [2.24, 2.45) is 7.05 Å². The second-order valence-electron chi connectivity index (χ2n) is 2.75. The standard InChI is InChI=1S/C8H11ClN2O2S/c1-11-6(9)4-10-7(11)5-14-3-2-8(12)13/h4H,2-3,5H2,1H3,(H,12,13). The number of halogens is 1. The molecule has 0 aliphatic rings. The van der Waals surface area contributed by atoms with E-state index in [1.807, 2.05) is 7.05 Å². The van der Waals surface area contributed by atoms with Gasteiger partial charge in [0.15, 0.2) is 0 Å². The summed E-state index contributed by atoms with van der Waals surface area (Å²) in [6, 6.07) is 0. The highest BCUT2D eigenvalue weighted by molar-refractivity contribution is 7.98. The Morgan fingerprint density at radius 2 is 2.50 bits per heavy atom. The number of hydrogen-bond acceptors (Lipinski definition) is 3. The first-order valence-corrected chi connectivity index (χ1v) is 5.60. The molecular formula is C8H11ClN2O2S. The van der Waals surface area contributed by atoms with E-state index in [9.17, 15) is 4.79 Å². The molecule has 0 aromatic carbocycles. The molecule has 0 spiro atoms. The van der Waals surface area contributed by atoms with Gasteiger partial charge in [-0.25, -0.2) is 4.98 Å². The van der Waals surface area contributed by atoms with Gasteiger partial charge in [-0.2, -0.15) is 11.8 Å². The monoisotopic (exact) mass is 234 g/mol. The third kappa shape index (κ3) is 3.23. The van der Waals surface area contributed by atoms with Gasteiger partial charge in [-0.15, -0.1) is 0 Å². The van der Waals surface area contributed by atoms with E-state index in [0.29, 0.717) is 16.7 Å². The number of rotatable bonds is 5. The third-order valence-electron chi connectivity index (χ3n) is 1.72. The van der Waals surface area contributed by atoms with Crippen LogP contribution >= 0.6 is 23.4 Å². The first-order chi connectivity index (χ1) is 6.61. The van der Waals surface area contributed by atoms with Gasteiger partial charge < -0.3 is 9.67 Å². The van der Waals surface area contributed by atoms with Crippen LogP contribution in [0, 0.1) is 0 Å². The molecule has 0 fully saturated rings. The van der Waals surface area contributed by atoms with E-state index in [4.69, 9.17) is 16.7 Å². The van der Waals surface area contributed by atoms with Crippen LogP contribution in [0.4, 0.5) is 0 Å². The molecule has 0 bridgehead atoms. The second-order valence-corrected chi connectivity index (χ2v) is 4.24. The number of carboxylic acids is 1. The maximum atomic E-state index is 10.2. The molecule has 78 valence electrons. The normalized spacial score (nSPS) is 10.4. The van der Waals surface area contributed by atoms with Gasteiger partial charge in [-0.05, 0) is 0 Å². The van der Waals surface area contributed by atoms with Gasteiger partial charge in [-0.1, -0.05) is 11.6 Å². The second kappa shape index (κ2) is 5.26. The van der Waals surface area contributed by atoms with Crippen LogP contribution in [-0.2, 0) is 17.6 Å². The molecule has 0 atom stereocenters. The topological polar surface area (TPSA) is 55.1 Å². The van der Waals surface area contributed by atoms with Crippen molar-refractivity contribution in [1.82, 2.24) is 9.55 Å². The number of carboxylic acid groups (broad SMARTS) is 1. The predicted octanol–water partition coefficient (Wildman–Crippen LogP) is 1.78. The summed E-state index contributed by atoms with van der Waals surface area (Å²) in [6.45, 7) is 0. The lowest BCUT2D eigenvalue weighted by Crippen LogP contribution is -1.99. The van der Waals surface area contributed by atoms with Crippen LogP contribution < -0.4 is 0 Å². The Bertz CT molecular complexity index is 327. The summed E-state index contributed by atoms with van der Waals surface area (Å²) in [7, 11) is 1.84. The summed E-state index contributed by atoms with van der Waals surface area (Å²) >= 11 is 7.33. The molecular weight excluding hydrogens is 224 g/mol. The Morgan fingerprint density at radius 3 is 3.00 bits per heavy atom. The lowest BCUT2D eigenvalue weighted by Gasteiger charge is -2.01. The van der Waals surface area contributed by atoms with Gasteiger partial charge in [0.2, 0.25) is 0 Å². The van der Waals surface area contributed by atoms with Crippen molar-refractivity contribution < 1.29 is 9.90 Å². The van der Waals surface area contributed by atoms with E-state index in [-0.39, 0.29) is 6.42 Å². The van der Waals surface area contributed by atoms with Crippen LogP contribution in [0.15, 0.2) is 6.20 Å². The number of imidazole rings is 1. The van der Waals surface area contributed by atoms with E-state index in [1.54, 1.807) is 10.8 Å². The highest BCUT2D eigenvalue weighted by Crippen LogP contribution is 2.15. The quantitative estimate of drug-likeness (QED) is 0.790. The first kappa shape index (κ1) is 11.4. The molecule has 0 radical (unpaired) electrons. The SMILES string of the molecule is Cn1c(Cl)cnc1CSCCC(=O)O. The number of nitrogens with zero attached hydrogens (tertiary/aromatic N) is 2. The fourth-order valence-electron chi connectivity index (χ4n) is 0.881. The number of thioether (sulfide) groups is 1. The number of aliphatic carboxylic acids is 1. The Morgan fingerprint density at radius 1 is 1.79 bits per heavy atom. The average Bonchev–Trinajstić information content (AvgIpc) is 2.43. The Hall–Kier alpha value is -0.680. The fraction of sp³-hybridized carbons (Fsp3) is 0.500. The third-order valence-corrected chi connectivity index (χ3v) is 3.03. The molecule has 0 unspecified atom stereocenters. The minimum Gasteiger partial charge on any atom is -0.481 e. The molecule has 1 rings (SSSR count). The van der Waals surface area contributed by atoms with Crippen LogP contribution in [0.1, 0.15) is 12.2 Å². The maximum Gasteiger partial charge on any atom is 0.304 e. The van der Waals surface area contributed by atoms with Gasteiger partial charge in [0.25, 0.3) is 0 Å². The Labute approximate surface area is 91.3 Å². The summed E-state index contributed by atoms with van der Waals surface area (Å²) in [6.07, 6.45) is 1.78. The average molecular weight is 235 g/mol. The molecule has 0 aliphatic heterocycles. The lowest BCUT2D eigenvalue weighted by molar-refractivity contribution is -0.136. The number of carbonyl (C=O) groups is 1. The van der Waals surface area contributed by atoms with E-state index in [0.717, 1.165) is 5.82 Å². The van der Waals surface area contributed by atoms with E-state index in [1.165, 1.54) is 11.8 Å². The van der Waals surface area contributed by atoms with Crippen LogP contribution in [0.25, 0.3) is 0 Å². The zero-order valence-corrected chi connectivity index (χ0v) is 9.31. The van der Waals surface area contributed by atoms with Crippen LogP contribution in [0.2, 0.25) is 5.15 Å². The summed E-state index contributed by atoms with van der Waals surface area (Å²) < 4.78 is 1.79. The minimum absolute atomic E-state index is 0.183. The molecule has 0 saturated heterocycles. The zero-order chi connectivity index (χ0) is 10.6. The summed E-state index contributed by atoms with van der Waals surface area (Å²) in [5, 5.41) is 9.01. The molecule has 4 nitrogen and oxygen atoms in total. The van der Waals surface area contributed by atoms with Crippen molar-refractivity contribution in [3.05, 3.63) is 17.2 Å². The lowest BCUT2D eigenvalue weighted by atomic mass is 10.5. The molecule has 6 heteroatoms. The largest absolute Gasteiger partial charge is 0.481 e. The fourth-order valence-corrected chi connectivity index (χ4v) is 1.94. The molecule has 1 aromatic rings. The Kier molecular flexibility index (Phi) is 4.28. The molecule has 1 aromatic heterocycles. The van der Waals surface area contributed by atoms with E-state index < -0.39 is 5.97 Å². The highest BCUT2D eigenvalue weighted by Gasteiger charge is 2.04. The molecule has 0 amide bonds. The summed E-state index contributed by atoms with van der Waals surface area (Å²) in [4.78, 5) is 14.3. The van der Waals surface area contributed by atoms with Crippen molar-refractivity contribution in [2.75, 3.05) is 5.75 Å². The van der Waals surface area contributed by atoms with Gasteiger partial charge in [0.1, 0.15) is 11.0 Å². The minimum atomic E-state index is -0.768. The van der Waals surface area contributed by atoms with E-state index >= 15 is 0 Å². The number of hydrogen-bond donors (Lipinski definition) is 1. The maximum absolute atomic E-state index is 10.2. The molecule has 1 heterocycles. The smallest absolute Gasteiger partial charge is 0.304 e. The molecule has 14 heavy (non-hydrogen) atoms. The van der Waals surface area contributed by atoms with Crippen molar-refractivity contribution in [3.63, 3.8) is 0 Å². The predicted molar refractivity (Wildman–Crippen MR) is 56.6 cm³/mol.